The summed E-state index contributed by atoms with van der Waals surface area (Å²) >= 11 is 0. The zero-order valence-electron chi connectivity index (χ0n) is 12.9. The lowest BCUT2D eigenvalue weighted by molar-refractivity contribution is 0.131. The molecule has 2 unspecified atom stereocenters. The predicted octanol–water partition coefficient (Wildman–Crippen LogP) is 3.16. The summed E-state index contributed by atoms with van der Waals surface area (Å²) in [5.41, 5.74) is 1.75. The van der Waals surface area contributed by atoms with Crippen LogP contribution in [0.3, 0.4) is 0 Å². The van der Waals surface area contributed by atoms with Crippen LogP contribution in [0.25, 0.3) is 0 Å². The number of hydrogen-bond donors (Lipinski definition) is 1. The minimum Gasteiger partial charge on any atom is -0.313 e. The van der Waals surface area contributed by atoms with E-state index >= 15 is 0 Å². The van der Waals surface area contributed by atoms with Crippen LogP contribution in [-0.2, 0) is 13.5 Å². The molecule has 108 valence electrons. The number of hydrogen-bond acceptors (Lipinski definition) is 2. The van der Waals surface area contributed by atoms with Gasteiger partial charge in [-0.1, -0.05) is 33.6 Å². The van der Waals surface area contributed by atoms with Crippen LogP contribution >= 0.6 is 0 Å². The maximum Gasteiger partial charge on any atom is 0.0522 e. The molecule has 19 heavy (non-hydrogen) atoms. The van der Waals surface area contributed by atoms with Gasteiger partial charge in [-0.05, 0) is 42.7 Å². The minimum absolute atomic E-state index is 0.423. The summed E-state index contributed by atoms with van der Waals surface area (Å²) in [6, 6.07) is 0.699. The molecule has 1 aromatic rings. The fourth-order valence-electron chi connectivity index (χ4n) is 3.41. The molecule has 1 fully saturated rings. The lowest BCUT2D eigenvalue weighted by Crippen LogP contribution is -2.44. The smallest absolute Gasteiger partial charge is 0.0522 e. The molecule has 1 aromatic heterocycles. The second kappa shape index (κ2) is 6.08. The van der Waals surface area contributed by atoms with Crippen molar-refractivity contribution in [1.82, 2.24) is 15.1 Å². The van der Waals surface area contributed by atoms with Crippen molar-refractivity contribution in [3.63, 3.8) is 0 Å². The first-order valence-corrected chi connectivity index (χ1v) is 7.68. The maximum atomic E-state index is 4.23. The van der Waals surface area contributed by atoms with Crippen LogP contribution in [0.2, 0.25) is 0 Å². The summed E-state index contributed by atoms with van der Waals surface area (Å²) in [5.74, 6) is 0.815. The standard InChI is InChI=1S/C16H29N3/c1-16(2,3)14-7-5-6-8-15(14)17-10-9-13-11-18-19(4)12-13/h11-12,14-15,17H,5-10H2,1-4H3. The van der Waals surface area contributed by atoms with E-state index in [2.05, 4.69) is 37.4 Å². The van der Waals surface area contributed by atoms with Gasteiger partial charge in [-0.15, -0.1) is 0 Å². The van der Waals surface area contributed by atoms with Crippen molar-refractivity contribution in [1.29, 1.82) is 0 Å². The number of aryl methyl sites for hydroxylation is 1. The number of rotatable bonds is 4. The van der Waals surface area contributed by atoms with Crippen molar-refractivity contribution in [2.45, 2.75) is 58.9 Å². The van der Waals surface area contributed by atoms with E-state index in [-0.39, 0.29) is 0 Å². The summed E-state index contributed by atoms with van der Waals surface area (Å²) in [6.45, 7) is 8.24. The van der Waals surface area contributed by atoms with Gasteiger partial charge in [-0.3, -0.25) is 4.68 Å². The first kappa shape index (κ1) is 14.6. The quantitative estimate of drug-likeness (QED) is 0.904. The third-order valence-electron chi connectivity index (χ3n) is 4.46. The van der Waals surface area contributed by atoms with Gasteiger partial charge < -0.3 is 5.32 Å². The highest BCUT2D eigenvalue weighted by Crippen LogP contribution is 2.37. The van der Waals surface area contributed by atoms with Crippen molar-refractivity contribution in [3.05, 3.63) is 18.0 Å². The average molecular weight is 263 g/mol. The maximum absolute atomic E-state index is 4.23. The van der Waals surface area contributed by atoms with Crippen LogP contribution in [-0.4, -0.2) is 22.4 Å². The molecule has 2 rings (SSSR count). The minimum atomic E-state index is 0.423. The summed E-state index contributed by atoms with van der Waals surface area (Å²) in [7, 11) is 1.98. The van der Waals surface area contributed by atoms with E-state index in [9.17, 15) is 0 Å². The molecule has 3 nitrogen and oxygen atoms in total. The Morgan fingerprint density at radius 3 is 2.68 bits per heavy atom. The molecule has 1 saturated carbocycles. The molecular formula is C16H29N3. The third kappa shape index (κ3) is 4.07. The van der Waals surface area contributed by atoms with Crippen molar-refractivity contribution < 1.29 is 0 Å². The molecule has 0 radical (unpaired) electrons. The van der Waals surface area contributed by atoms with Crippen LogP contribution in [0, 0.1) is 11.3 Å². The lowest BCUT2D eigenvalue weighted by Gasteiger charge is -2.41. The Hall–Kier alpha value is -0.830. The van der Waals surface area contributed by atoms with E-state index in [0.717, 1.165) is 18.9 Å². The molecular weight excluding hydrogens is 234 g/mol. The Labute approximate surface area is 117 Å². The highest BCUT2D eigenvalue weighted by Gasteiger charge is 2.33. The van der Waals surface area contributed by atoms with Gasteiger partial charge in [0.15, 0.2) is 0 Å². The Kier molecular flexibility index (Phi) is 4.67. The highest BCUT2D eigenvalue weighted by molar-refractivity contribution is 5.04. The summed E-state index contributed by atoms with van der Waals surface area (Å²) in [4.78, 5) is 0. The molecule has 0 spiro atoms. The van der Waals surface area contributed by atoms with Gasteiger partial charge in [-0.2, -0.15) is 5.10 Å². The first-order chi connectivity index (χ1) is 8.97. The Balaban J connectivity index is 1.83. The van der Waals surface area contributed by atoms with Crippen LogP contribution < -0.4 is 5.32 Å². The number of nitrogens with one attached hydrogen (secondary N) is 1. The molecule has 1 aliphatic rings. The van der Waals surface area contributed by atoms with E-state index in [1.807, 2.05) is 17.9 Å². The van der Waals surface area contributed by atoms with Crippen molar-refractivity contribution in [3.8, 4) is 0 Å². The van der Waals surface area contributed by atoms with Crippen molar-refractivity contribution in [2.24, 2.45) is 18.4 Å². The fourth-order valence-corrected chi connectivity index (χ4v) is 3.41. The molecule has 2 atom stereocenters. The number of aromatic nitrogens is 2. The second-order valence-corrected chi connectivity index (χ2v) is 7.09. The van der Waals surface area contributed by atoms with Gasteiger partial charge in [0.2, 0.25) is 0 Å². The number of nitrogens with zero attached hydrogens (tertiary/aromatic N) is 2. The van der Waals surface area contributed by atoms with Crippen LogP contribution in [0.4, 0.5) is 0 Å². The average Bonchev–Trinajstić information content (AvgIpc) is 2.74. The van der Waals surface area contributed by atoms with Crippen molar-refractivity contribution >= 4 is 0 Å². The van der Waals surface area contributed by atoms with Gasteiger partial charge in [0.1, 0.15) is 0 Å². The third-order valence-corrected chi connectivity index (χ3v) is 4.46. The Morgan fingerprint density at radius 2 is 2.05 bits per heavy atom. The lowest BCUT2D eigenvalue weighted by atomic mass is 9.69. The molecule has 0 aliphatic heterocycles. The van der Waals surface area contributed by atoms with E-state index in [1.165, 1.54) is 31.2 Å². The highest BCUT2D eigenvalue weighted by atomic mass is 15.2. The van der Waals surface area contributed by atoms with E-state index in [4.69, 9.17) is 0 Å². The normalized spacial score (nSPS) is 24.6. The molecule has 0 aromatic carbocycles. The van der Waals surface area contributed by atoms with Crippen LogP contribution in [0.1, 0.15) is 52.0 Å². The predicted molar refractivity (Wildman–Crippen MR) is 80.1 cm³/mol. The first-order valence-electron chi connectivity index (χ1n) is 7.68. The van der Waals surface area contributed by atoms with Gasteiger partial charge >= 0.3 is 0 Å². The second-order valence-electron chi connectivity index (χ2n) is 7.09. The molecule has 0 amide bonds. The zero-order chi connectivity index (χ0) is 13.9. The summed E-state index contributed by atoms with van der Waals surface area (Å²) in [5, 5.41) is 8.02. The molecule has 3 heteroatoms. The molecule has 1 heterocycles. The molecule has 0 bridgehead atoms. The van der Waals surface area contributed by atoms with E-state index < -0.39 is 0 Å². The van der Waals surface area contributed by atoms with Gasteiger partial charge in [0, 0.05) is 19.3 Å². The molecule has 1 aliphatic carbocycles. The monoisotopic (exact) mass is 263 g/mol. The van der Waals surface area contributed by atoms with E-state index in [0.29, 0.717) is 11.5 Å². The SMILES string of the molecule is Cn1cc(CCNC2CCCCC2C(C)(C)C)cn1. The van der Waals surface area contributed by atoms with Gasteiger partial charge in [-0.25, -0.2) is 0 Å². The molecule has 1 N–H and O–H groups in total. The Bertz CT molecular complexity index is 389. The summed E-state index contributed by atoms with van der Waals surface area (Å²) in [6.07, 6.45) is 10.7. The van der Waals surface area contributed by atoms with E-state index in [1.54, 1.807) is 0 Å². The zero-order valence-corrected chi connectivity index (χ0v) is 12.9. The fraction of sp³-hybridized carbons (Fsp3) is 0.812. The summed E-state index contributed by atoms with van der Waals surface area (Å²) < 4.78 is 1.88. The van der Waals surface area contributed by atoms with Crippen LogP contribution in [0.15, 0.2) is 12.4 Å². The van der Waals surface area contributed by atoms with Crippen molar-refractivity contribution in [2.75, 3.05) is 6.54 Å². The van der Waals surface area contributed by atoms with Crippen LogP contribution in [0.5, 0.6) is 0 Å². The molecule has 0 saturated heterocycles. The topological polar surface area (TPSA) is 29.9 Å². The van der Waals surface area contributed by atoms with Gasteiger partial charge in [0.05, 0.1) is 6.20 Å². The largest absolute Gasteiger partial charge is 0.313 e. The Morgan fingerprint density at radius 1 is 1.32 bits per heavy atom. The van der Waals surface area contributed by atoms with Gasteiger partial charge in [0.25, 0.3) is 0 Å².